The second kappa shape index (κ2) is 3.30. The van der Waals surface area contributed by atoms with Crippen LogP contribution in [0.5, 0.6) is 0 Å². The highest BCUT2D eigenvalue weighted by molar-refractivity contribution is 5.44. The molecule has 3 heteroatoms. The van der Waals surface area contributed by atoms with Crippen LogP contribution in [0.1, 0.15) is 35.7 Å². The minimum absolute atomic E-state index is 0.218. The van der Waals surface area contributed by atoms with E-state index in [4.69, 9.17) is 5.26 Å². The number of nitrogens with zero attached hydrogens (tertiary/aromatic N) is 1. The van der Waals surface area contributed by atoms with Gasteiger partial charge in [-0.05, 0) is 36.8 Å². The molecule has 3 nitrogen and oxygen atoms in total. The Morgan fingerprint density at radius 1 is 1.50 bits per heavy atom. The molecule has 14 heavy (non-hydrogen) atoms. The van der Waals surface area contributed by atoms with Crippen molar-refractivity contribution in [3.8, 4) is 6.07 Å². The molecule has 0 aliphatic heterocycles. The molecular weight excluding hydrogens is 176 g/mol. The summed E-state index contributed by atoms with van der Waals surface area (Å²) in [4.78, 5) is 14.3. The Kier molecular flexibility index (Phi) is 2.12. The van der Waals surface area contributed by atoms with Crippen molar-refractivity contribution < 1.29 is 0 Å². The van der Waals surface area contributed by atoms with Crippen LogP contribution >= 0.6 is 0 Å². The van der Waals surface area contributed by atoms with E-state index < -0.39 is 0 Å². The number of H-pyrrole nitrogens is 1. The lowest BCUT2D eigenvalue weighted by molar-refractivity contribution is 0.895. The number of aromatic amines is 1. The molecule has 0 saturated heterocycles. The van der Waals surface area contributed by atoms with Crippen LogP contribution in [0.2, 0.25) is 0 Å². The standard InChI is InChI=1S/C11H12N2O/c1-2-7-8-4-3-5-10(8)13-11(14)9(7)6-12/h2-5H2,1H3,(H,13,14). The van der Waals surface area contributed by atoms with Crippen LogP contribution in [0.15, 0.2) is 4.79 Å². The van der Waals surface area contributed by atoms with Gasteiger partial charge in [-0.3, -0.25) is 4.79 Å². The summed E-state index contributed by atoms with van der Waals surface area (Å²) < 4.78 is 0. The summed E-state index contributed by atoms with van der Waals surface area (Å²) in [6.07, 6.45) is 3.82. The van der Waals surface area contributed by atoms with Gasteiger partial charge in [0.1, 0.15) is 11.6 Å². The van der Waals surface area contributed by atoms with Crippen LogP contribution in [0.4, 0.5) is 0 Å². The Bertz CT molecular complexity index is 465. The first-order chi connectivity index (χ1) is 6.77. The fraction of sp³-hybridized carbons (Fsp3) is 0.455. The quantitative estimate of drug-likeness (QED) is 0.722. The van der Waals surface area contributed by atoms with E-state index in [0.717, 1.165) is 36.9 Å². The molecule has 0 bridgehead atoms. The topological polar surface area (TPSA) is 56.6 Å². The Labute approximate surface area is 82.4 Å². The molecule has 0 aromatic carbocycles. The van der Waals surface area contributed by atoms with E-state index in [2.05, 4.69) is 4.98 Å². The summed E-state index contributed by atoms with van der Waals surface area (Å²) in [6, 6.07) is 2.00. The van der Waals surface area contributed by atoms with E-state index in [0.29, 0.717) is 5.56 Å². The predicted molar refractivity (Wildman–Crippen MR) is 53.2 cm³/mol. The maximum Gasteiger partial charge on any atom is 0.266 e. The van der Waals surface area contributed by atoms with Crippen molar-refractivity contribution in [1.82, 2.24) is 4.98 Å². The van der Waals surface area contributed by atoms with Gasteiger partial charge in [-0.15, -0.1) is 0 Å². The number of fused-ring (bicyclic) bond motifs is 1. The fourth-order valence-corrected chi connectivity index (χ4v) is 2.21. The van der Waals surface area contributed by atoms with Gasteiger partial charge in [0.25, 0.3) is 5.56 Å². The Hall–Kier alpha value is -1.56. The molecule has 1 aromatic heterocycles. The highest BCUT2D eigenvalue weighted by atomic mass is 16.1. The lowest BCUT2D eigenvalue weighted by Crippen LogP contribution is -2.16. The second-order valence-electron chi connectivity index (χ2n) is 3.58. The number of nitrogens with one attached hydrogen (secondary N) is 1. The maximum absolute atomic E-state index is 11.5. The summed E-state index contributed by atoms with van der Waals surface area (Å²) in [5, 5.41) is 8.89. The number of nitriles is 1. The second-order valence-corrected chi connectivity index (χ2v) is 3.58. The highest BCUT2D eigenvalue weighted by Gasteiger charge is 2.19. The van der Waals surface area contributed by atoms with Gasteiger partial charge < -0.3 is 4.98 Å². The van der Waals surface area contributed by atoms with E-state index in [-0.39, 0.29) is 5.56 Å². The molecule has 0 radical (unpaired) electrons. The zero-order valence-corrected chi connectivity index (χ0v) is 8.18. The minimum atomic E-state index is -0.218. The van der Waals surface area contributed by atoms with E-state index >= 15 is 0 Å². The lowest BCUT2D eigenvalue weighted by Gasteiger charge is -2.07. The molecule has 0 fully saturated rings. The minimum Gasteiger partial charge on any atom is -0.325 e. The van der Waals surface area contributed by atoms with Crippen LogP contribution in [0.3, 0.4) is 0 Å². The normalized spacial score (nSPS) is 13.7. The molecule has 0 saturated carbocycles. The molecule has 1 heterocycles. The smallest absolute Gasteiger partial charge is 0.266 e. The molecule has 0 atom stereocenters. The van der Waals surface area contributed by atoms with Crippen molar-refractivity contribution in [2.24, 2.45) is 0 Å². The van der Waals surface area contributed by atoms with Crippen molar-refractivity contribution in [2.75, 3.05) is 0 Å². The van der Waals surface area contributed by atoms with Gasteiger partial charge in [-0.2, -0.15) is 5.26 Å². The van der Waals surface area contributed by atoms with Crippen molar-refractivity contribution in [1.29, 1.82) is 5.26 Å². The highest BCUT2D eigenvalue weighted by Crippen LogP contribution is 2.24. The van der Waals surface area contributed by atoms with Crippen LogP contribution in [0, 0.1) is 11.3 Å². The van der Waals surface area contributed by atoms with Gasteiger partial charge in [-0.1, -0.05) is 6.92 Å². The summed E-state index contributed by atoms with van der Waals surface area (Å²) in [6.45, 7) is 1.99. The summed E-state index contributed by atoms with van der Waals surface area (Å²) in [7, 11) is 0. The first-order valence-corrected chi connectivity index (χ1v) is 4.95. The van der Waals surface area contributed by atoms with Gasteiger partial charge >= 0.3 is 0 Å². The SMILES string of the molecule is CCc1c2c([nH]c(=O)c1C#N)CCC2. The monoisotopic (exact) mass is 188 g/mol. The molecule has 1 N–H and O–H groups in total. The molecule has 0 spiro atoms. The van der Waals surface area contributed by atoms with E-state index in [9.17, 15) is 4.79 Å². The van der Waals surface area contributed by atoms with Crippen LogP contribution < -0.4 is 5.56 Å². The van der Waals surface area contributed by atoms with Gasteiger partial charge in [0.05, 0.1) is 0 Å². The number of pyridine rings is 1. The third kappa shape index (κ3) is 1.15. The summed E-state index contributed by atoms with van der Waals surface area (Å²) >= 11 is 0. The van der Waals surface area contributed by atoms with Crippen molar-refractivity contribution in [3.63, 3.8) is 0 Å². The Morgan fingerprint density at radius 3 is 2.93 bits per heavy atom. The third-order valence-corrected chi connectivity index (χ3v) is 2.84. The predicted octanol–water partition coefficient (Wildman–Crippen LogP) is 1.30. The maximum atomic E-state index is 11.5. The Balaban J connectivity index is 2.77. The third-order valence-electron chi connectivity index (χ3n) is 2.84. The average molecular weight is 188 g/mol. The molecule has 1 aliphatic carbocycles. The van der Waals surface area contributed by atoms with E-state index in [1.807, 2.05) is 13.0 Å². The molecule has 1 aromatic rings. The molecule has 0 amide bonds. The van der Waals surface area contributed by atoms with Crippen molar-refractivity contribution in [2.45, 2.75) is 32.6 Å². The molecule has 2 rings (SSSR count). The van der Waals surface area contributed by atoms with Gasteiger partial charge in [-0.25, -0.2) is 0 Å². The van der Waals surface area contributed by atoms with Crippen LogP contribution in [-0.4, -0.2) is 4.98 Å². The van der Waals surface area contributed by atoms with Gasteiger partial charge in [0.15, 0.2) is 0 Å². The molecule has 1 aliphatic rings. The first-order valence-electron chi connectivity index (χ1n) is 4.95. The lowest BCUT2D eigenvalue weighted by atomic mass is 10.0. The van der Waals surface area contributed by atoms with E-state index in [1.54, 1.807) is 0 Å². The Morgan fingerprint density at radius 2 is 2.29 bits per heavy atom. The molecule has 72 valence electrons. The first kappa shape index (κ1) is 9.01. The molecular formula is C11H12N2O. The van der Waals surface area contributed by atoms with Gasteiger partial charge in [0.2, 0.25) is 0 Å². The zero-order chi connectivity index (χ0) is 10.1. The number of hydrogen-bond acceptors (Lipinski definition) is 2. The average Bonchev–Trinajstić information content (AvgIpc) is 2.62. The van der Waals surface area contributed by atoms with E-state index in [1.165, 1.54) is 5.56 Å². The number of aryl methyl sites for hydroxylation is 1. The fourth-order valence-electron chi connectivity index (χ4n) is 2.21. The summed E-state index contributed by atoms with van der Waals surface area (Å²) in [5.41, 5.74) is 3.32. The number of hydrogen-bond donors (Lipinski definition) is 1. The molecule has 0 unspecified atom stereocenters. The zero-order valence-electron chi connectivity index (χ0n) is 8.18. The van der Waals surface area contributed by atoms with Crippen molar-refractivity contribution >= 4 is 0 Å². The van der Waals surface area contributed by atoms with Gasteiger partial charge in [0, 0.05) is 5.69 Å². The number of rotatable bonds is 1. The number of aromatic nitrogens is 1. The van der Waals surface area contributed by atoms with Crippen LogP contribution in [0.25, 0.3) is 0 Å². The largest absolute Gasteiger partial charge is 0.325 e. The van der Waals surface area contributed by atoms with Crippen LogP contribution in [-0.2, 0) is 19.3 Å². The summed E-state index contributed by atoms with van der Waals surface area (Å²) in [5.74, 6) is 0. The van der Waals surface area contributed by atoms with Crippen molar-refractivity contribution in [3.05, 3.63) is 32.7 Å².